The molecular weight excluding hydrogens is 293 g/mol. The van der Waals surface area contributed by atoms with E-state index in [0.717, 1.165) is 12.1 Å². The van der Waals surface area contributed by atoms with Gasteiger partial charge in [-0.2, -0.15) is 18.3 Å². The Labute approximate surface area is 117 Å². The molecule has 0 radical (unpaired) electrons. The van der Waals surface area contributed by atoms with E-state index in [0.29, 0.717) is 6.07 Å². The van der Waals surface area contributed by atoms with Gasteiger partial charge in [0.1, 0.15) is 11.6 Å². The lowest BCUT2D eigenvalue weighted by Crippen LogP contribution is -2.09. The number of aromatic nitrogens is 2. The second kappa shape index (κ2) is 5.71. The van der Waals surface area contributed by atoms with E-state index in [2.05, 4.69) is 10.4 Å². The third-order valence-electron chi connectivity index (χ3n) is 2.84. The molecule has 2 aromatic rings. The number of nitrogens with zero attached hydrogens (tertiary/aromatic N) is 2. The first-order chi connectivity index (χ1) is 9.81. The van der Waals surface area contributed by atoms with Gasteiger partial charge in [0.15, 0.2) is 5.69 Å². The van der Waals surface area contributed by atoms with Crippen LogP contribution in [-0.4, -0.2) is 9.78 Å². The number of alkyl halides is 3. The molecule has 0 aliphatic heterocycles. The summed E-state index contributed by atoms with van der Waals surface area (Å²) in [6.07, 6.45) is -4.53. The van der Waals surface area contributed by atoms with Crippen molar-refractivity contribution in [3.63, 3.8) is 0 Å². The molecule has 0 amide bonds. The highest BCUT2D eigenvalue weighted by Crippen LogP contribution is 2.28. The van der Waals surface area contributed by atoms with Crippen LogP contribution >= 0.6 is 0 Å². The van der Waals surface area contributed by atoms with Gasteiger partial charge in [-0.05, 0) is 25.1 Å². The van der Waals surface area contributed by atoms with Crippen LogP contribution in [0.15, 0.2) is 24.3 Å². The average molecular weight is 305 g/mol. The fraction of sp³-hybridized carbons (Fsp3) is 0.308. The fourth-order valence-electron chi connectivity index (χ4n) is 1.83. The zero-order valence-electron chi connectivity index (χ0n) is 11.0. The standard InChI is InChI=1S/C13H12F5N3/c1-2-21-9(6-12(20-21)13(16,17)18)7-19-11-4-3-8(14)5-10(11)15/h3-6,19H,2,7H2,1H3. The second-order valence-corrected chi connectivity index (χ2v) is 4.31. The van der Waals surface area contributed by atoms with Crippen molar-refractivity contribution in [2.24, 2.45) is 0 Å². The summed E-state index contributed by atoms with van der Waals surface area (Å²) < 4.78 is 65.1. The Balaban J connectivity index is 2.17. The summed E-state index contributed by atoms with van der Waals surface area (Å²) in [5.41, 5.74) is -0.733. The van der Waals surface area contributed by atoms with Crippen LogP contribution in [-0.2, 0) is 19.3 Å². The highest BCUT2D eigenvalue weighted by Gasteiger charge is 2.34. The van der Waals surface area contributed by atoms with Crippen LogP contribution in [0, 0.1) is 11.6 Å². The Morgan fingerprint density at radius 1 is 1.19 bits per heavy atom. The number of aryl methyl sites for hydroxylation is 1. The predicted molar refractivity (Wildman–Crippen MR) is 66.6 cm³/mol. The number of nitrogens with one attached hydrogen (secondary N) is 1. The molecule has 0 saturated heterocycles. The van der Waals surface area contributed by atoms with Crippen LogP contribution in [0.2, 0.25) is 0 Å². The molecule has 2 rings (SSSR count). The monoisotopic (exact) mass is 305 g/mol. The van der Waals surface area contributed by atoms with Gasteiger partial charge in [0.05, 0.1) is 17.9 Å². The number of hydrogen-bond donors (Lipinski definition) is 1. The Morgan fingerprint density at radius 2 is 1.90 bits per heavy atom. The highest BCUT2D eigenvalue weighted by molar-refractivity contribution is 5.45. The van der Waals surface area contributed by atoms with Crippen LogP contribution in [0.5, 0.6) is 0 Å². The van der Waals surface area contributed by atoms with E-state index in [1.54, 1.807) is 6.92 Å². The maximum Gasteiger partial charge on any atom is 0.435 e. The molecule has 0 fully saturated rings. The van der Waals surface area contributed by atoms with Gasteiger partial charge < -0.3 is 5.32 Å². The van der Waals surface area contributed by atoms with Gasteiger partial charge in [-0.3, -0.25) is 4.68 Å². The quantitative estimate of drug-likeness (QED) is 0.871. The lowest BCUT2D eigenvalue weighted by molar-refractivity contribution is -0.141. The van der Waals surface area contributed by atoms with Crippen molar-refractivity contribution in [3.05, 3.63) is 47.3 Å². The lowest BCUT2D eigenvalue weighted by atomic mass is 10.2. The predicted octanol–water partition coefficient (Wildman–Crippen LogP) is 3.81. The van der Waals surface area contributed by atoms with Crippen molar-refractivity contribution < 1.29 is 22.0 Å². The number of hydrogen-bond acceptors (Lipinski definition) is 2. The summed E-state index contributed by atoms with van der Waals surface area (Å²) in [6.45, 7) is 1.84. The van der Waals surface area contributed by atoms with Crippen molar-refractivity contribution in [1.82, 2.24) is 9.78 Å². The van der Waals surface area contributed by atoms with Gasteiger partial charge in [-0.25, -0.2) is 8.78 Å². The maximum atomic E-state index is 13.4. The fourth-order valence-corrected chi connectivity index (χ4v) is 1.83. The molecule has 1 N–H and O–H groups in total. The summed E-state index contributed by atoms with van der Waals surface area (Å²) in [5.74, 6) is -1.54. The van der Waals surface area contributed by atoms with E-state index in [1.165, 1.54) is 10.7 Å². The summed E-state index contributed by atoms with van der Waals surface area (Å²) in [4.78, 5) is 0. The van der Waals surface area contributed by atoms with E-state index in [-0.39, 0.29) is 24.5 Å². The summed E-state index contributed by atoms with van der Waals surface area (Å²) in [5, 5.41) is 6.07. The Bertz CT molecular complexity index is 633. The van der Waals surface area contributed by atoms with Crippen molar-refractivity contribution in [2.45, 2.75) is 26.2 Å². The van der Waals surface area contributed by atoms with E-state index in [9.17, 15) is 22.0 Å². The minimum atomic E-state index is -4.53. The molecule has 0 unspecified atom stereocenters. The zero-order valence-corrected chi connectivity index (χ0v) is 11.0. The van der Waals surface area contributed by atoms with Gasteiger partial charge in [-0.1, -0.05) is 0 Å². The van der Waals surface area contributed by atoms with Crippen molar-refractivity contribution >= 4 is 5.69 Å². The Hall–Kier alpha value is -2.12. The Morgan fingerprint density at radius 3 is 2.48 bits per heavy atom. The molecule has 0 atom stereocenters. The molecule has 1 aromatic carbocycles. The summed E-state index contributed by atoms with van der Waals surface area (Å²) in [7, 11) is 0. The average Bonchev–Trinajstić information content (AvgIpc) is 2.81. The molecule has 0 bridgehead atoms. The number of benzene rings is 1. The SMILES string of the molecule is CCn1nc(C(F)(F)F)cc1CNc1ccc(F)cc1F. The Kier molecular flexibility index (Phi) is 4.15. The summed E-state index contributed by atoms with van der Waals surface area (Å²) in [6, 6.07) is 3.84. The van der Waals surface area contributed by atoms with Crippen LogP contribution in [0.3, 0.4) is 0 Å². The second-order valence-electron chi connectivity index (χ2n) is 4.31. The van der Waals surface area contributed by atoms with Gasteiger partial charge in [-0.15, -0.1) is 0 Å². The van der Waals surface area contributed by atoms with E-state index in [4.69, 9.17) is 0 Å². The molecule has 21 heavy (non-hydrogen) atoms. The normalized spacial score (nSPS) is 11.7. The maximum absolute atomic E-state index is 13.4. The first kappa shape index (κ1) is 15.3. The first-order valence-corrected chi connectivity index (χ1v) is 6.14. The van der Waals surface area contributed by atoms with E-state index in [1.807, 2.05) is 0 Å². The third kappa shape index (κ3) is 3.50. The number of rotatable bonds is 4. The largest absolute Gasteiger partial charge is 0.435 e. The van der Waals surface area contributed by atoms with Crippen LogP contribution in [0.25, 0.3) is 0 Å². The minimum absolute atomic E-state index is 0.00816. The number of anilines is 1. The molecular formula is C13H12F5N3. The molecule has 0 aliphatic carbocycles. The summed E-state index contributed by atoms with van der Waals surface area (Å²) >= 11 is 0. The third-order valence-corrected chi connectivity index (χ3v) is 2.84. The van der Waals surface area contributed by atoms with Crippen LogP contribution in [0.4, 0.5) is 27.6 Å². The smallest absolute Gasteiger partial charge is 0.377 e. The van der Waals surface area contributed by atoms with E-state index >= 15 is 0 Å². The molecule has 3 nitrogen and oxygen atoms in total. The molecule has 114 valence electrons. The molecule has 8 heteroatoms. The van der Waals surface area contributed by atoms with Gasteiger partial charge >= 0.3 is 6.18 Å². The molecule has 1 heterocycles. The minimum Gasteiger partial charge on any atom is -0.377 e. The van der Waals surface area contributed by atoms with Crippen LogP contribution in [0.1, 0.15) is 18.3 Å². The van der Waals surface area contributed by atoms with Crippen molar-refractivity contribution in [3.8, 4) is 0 Å². The molecule has 0 spiro atoms. The first-order valence-electron chi connectivity index (χ1n) is 6.14. The molecule has 0 saturated carbocycles. The topological polar surface area (TPSA) is 29.9 Å². The zero-order chi connectivity index (χ0) is 15.6. The lowest BCUT2D eigenvalue weighted by Gasteiger charge is -2.08. The number of halogens is 5. The van der Waals surface area contributed by atoms with Gasteiger partial charge in [0.25, 0.3) is 0 Å². The molecule has 0 aliphatic rings. The van der Waals surface area contributed by atoms with Crippen molar-refractivity contribution in [1.29, 1.82) is 0 Å². The molecule has 1 aromatic heterocycles. The highest BCUT2D eigenvalue weighted by atomic mass is 19.4. The van der Waals surface area contributed by atoms with E-state index < -0.39 is 23.5 Å². The van der Waals surface area contributed by atoms with Crippen LogP contribution < -0.4 is 5.32 Å². The van der Waals surface area contributed by atoms with Crippen molar-refractivity contribution in [2.75, 3.05) is 5.32 Å². The van der Waals surface area contributed by atoms with Gasteiger partial charge in [0.2, 0.25) is 0 Å². The van der Waals surface area contributed by atoms with Gasteiger partial charge in [0, 0.05) is 12.6 Å².